The number of hydrogen-bond donors (Lipinski definition) is 1. The van der Waals surface area contributed by atoms with E-state index in [1.54, 1.807) is 0 Å². The first-order valence-electron chi connectivity index (χ1n) is 6.82. The highest BCUT2D eigenvalue weighted by Crippen LogP contribution is 2.31. The predicted molar refractivity (Wildman–Crippen MR) is 75.2 cm³/mol. The van der Waals surface area contributed by atoms with Crippen LogP contribution in [0.5, 0.6) is 5.75 Å². The Bertz CT molecular complexity index is 432. The van der Waals surface area contributed by atoms with E-state index in [4.69, 9.17) is 4.74 Å². The van der Waals surface area contributed by atoms with Crippen LogP contribution in [0, 0.1) is 0 Å². The SMILES string of the molecule is CN(C)CCC(=O)NC1CCCOc2ccccc21. The molecule has 0 aliphatic carbocycles. The summed E-state index contributed by atoms with van der Waals surface area (Å²) in [5, 5.41) is 3.12. The summed E-state index contributed by atoms with van der Waals surface area (Å²) >= 11 is 0. The van der Waals surface area contributed by atoms with Crippen molar-refractivity contribution in [2.24, 2.45) is 0 Å². The molecule has 0 radical (unpaired) electrons. The normalized spacial score (nSPS) is 18.4. The quantitative estimate of drug-likeness (QED) is 0.902. The van der Waals surface area contributed by atoms with Gasteiger partial charge in [-0.25, -0.2) is 0 Å². The van der Waals surface area contributed by atoms with Crippen molar-refractivity contribution in [2.45, 2.75) is 25.3 Å². The number of benzene rings is 1. The van der Waals surface area contributed by atoms with E-state index in [1.807, 2.05) is 43.3 Å². The van der Waals surface area contributed by atoms with Crippen molar-refractivity contribution in [1.82, 2.24) is 10.2 Å². The van der Waals surface area contributed by atoms with Gasteiger partial charge in [0.05, 0.1) is 12.6 Å². The highest BCUT2D eigenvalue weighted by molar-refractivity contribution is 5.76. The maximum atomic E-state index is 12.0. The van der Waals surface area contributed by atoms with Gasteiger partial charge in [0.25, 0.3) is 0 Å². The van der Waals surface area contributed by atoms with Gasteiger partial charge in [0.2, 0.25) is 5.91 Å². The molecule has 4 heteroatoms. The maximum Gasteiger partial charge on any atom is 0.221 e. The van der Waals surface area contributed by atoms with Crippen LogP contribution in [-0.2, 0) is 4.79 Å². The Labute approximate surface area is 114 Å². The van der Waals surface area contributed by atoms with Crippen LogP contribution in [0.15, 0.2) is 24.3 Å². The summed E-state index contributed by atoms with van der Waals surface area (Å²) in [6.45, 7) is 1.50. The zero-order chi connectivity index (χ0) is 13.7. The van der Waals surface area contributed by atoms with Crippen molar-refractivity contribution in [1.29, 1.82) is 0 Å². The third-order valence-corrected chi connectivity index (χ3v) is 3.31. The Kier molecular flexibility index (Phi) is 4.80. The van der Waals surface area contributed by atoms with Gasteiger partial charge in [0.1, 0.15) is 5.75 Å². The van der Waals surface area contributed by atoms with Gasteiger partial charge in [0, 0.05) is 18.5 Å². The molecule has 1 N–H and O–H groups in total. The minimum absolute atomic E-state index is 0.0772. The number of ether oxygens (including phenoxy) is 1. The van der Waals surface area contributed by atoms with E-state index in [0.717, 1.165) is 37.3 Å². The fourth-order valence-electron chi connectivity index (χ4n) is 2.27. The highest BCUT2D eigenvalue weighted by Gasteiger charge is 2.20. The lowest BCUT2D eigenvalue weighted by Crippen LogP contribution is -2.30. The first-order chi connectivity index (χ1) is 9.16. The van der Waals surface area contributed by atoms with Crippen molar-refractivity contribution >= 4 is 5.91 Å². The molecule has 1 atom stereocenters. The van der Waals surface area contributed by atoms with Gasteiger partial charge in [-0.1, -0.05) is 18.2 Å². The molecule has 19 heavy (non-hydrogen) atoms. The molecule has 1 amide bonds. The van der Waals surface area contributed by atoms with Gasteiger partial charge in [-0.05, 0) is 33.0 Å². The molecule has 1 aromatic rings. The smallest absolute Gasteiger partial charge is 0.221 e. The third kappa shape index (κ3) is 3.96. The van der Waals surface area contributed by atoms with Crippen LogP contribution in [0.4, 0.5) is 0 Å². The largest absolute Gasteiger partial charge is 0.493 e. The molecule has 1 heterocycles. The second-order valence-corrected chi connectivity index (χ2v) is 5.20. The topological polar surface area (TPSA) is 41.6 Å². The lowest BCUT2D eigenvalue weighted by atomic mass is 10.0. The molecular weight excluding hydrogens is 240 g/mol. The maximum absolute atomic E-state index is 12.0. The molecule has 2 rings (SSSR count). The van der Waals surface area contributed by atoms with E-state index < -0.39 is 0 Å². The number of carbonyl (C=O) groups excluding carboxylic acids is 1. The lowest BCUT2D eigenvalue weighted by molar-refractivity contribution is -0.122. The van der Waals surface area contributed by atoms with Crippen LogP contribution in [0.1, 0.15) is 30.9 Å². The molecule has 4 nitrogen and oxygen atoms in total. The summed E-state index contributed by atoms with van der Waals surface area (Å²) in [7, 11) is 3.95. The fourth-order valence-corrected chi connectivity index (χ4v) is 2.27. The minimum atomic E-state index is 0.0772. The number of nitrogens with one attached hydrogen (secondary N) is 1. The van der Waals surface area contributed by atoms with Crippen molar-refractivity contribution in [2.75, 3.05) is 27.2 Å². The molecule has 104 valence electrons. The number of carbonyl (C=O) groups is 1. The van der Waals surface area contributed by atoms with Gasteiger partial charge in [-0.3, -0.25) is 4.79 Å². The van der Waals surface area contributed by atoms with Crippen molar-refractivity contribution in [3.05, 3.63) is 29.8 Å². The first kappa shape index (κ1) is 13.9. The number of fused-ring (bicyclic) bond motifs is 1. The molecule has 1 aliphatic heterocycles. The molecule has 0 saturated carbocycles. The van der Waals surface area contributed by atoms with E-state index in [-0.39, 0.29) is 11.9 Å². The van der Waals surface area contributed by atoms with Gasteiger partial charge >= 0.3 is 0 Å². The van der Waals surface area contributed by atoms with E-state index in [2.05, 4.69) is 5.32 Å². The fraction of sp³-hybridized carbons (Fsp3) is 0.533. The lowest BCUT2D eigenvalue weighted by Gasteiger charge is -2.19. The highest BCUT2D eigenvalue weighted by atomic mass is 16.5. The van der Waals surface area contributed by atoms with Crippen LogP contribution >= 0.6 is 0 Å². The van der Waals surface area contributed by atoms with Crippen LogP contribution in [0.25, 0.3) is 0 Å². The van der Waals surface area contributed by atoms with E-state index in [0.29, 0.717) is 6.42 Å². The van der Waals surface area contributed by atoms with E-state index in [1.165, 1.54) is 0 Å². The van der Waals surface area contributed by atoms with Crippen molar-refractivity contribution < 1.29 is 9.53 Å². The second kappa shape index (κ2) is 6.57. The molecule has 0 bridgehead atoms. The minimum Gasteiger partial charge on any atom is -0.493 e. The second-order valence-electron chi connectivity index (χ2n) is 5.20. The Morgan fingerprint density at radius 2 is 2.21 bits per heavy atom. The number of nitrogens with zero attached hydrogens (tertiary/aromatic N) is 1. The van der Waals surface area contributed by atoms with Crippen LogP contribution in [0.3, 0.4) is 0 Å². The summed E-state index contributed by atoms with van der Waals surface area (Å²) in [4.78, 5) is 14.0. The van der Waals surface area contributed by atoms with Crippen LogP contribution < -0.4 is 10.1 Å². The molecule has 0 saturated heterocycles. The average molecular weight is 262 g/mol. The van der Waals surface area contributed by atoms with E-state index in [9.17, 15) is 4.79 Å². The number of hydrogen-bond acceptors (Lipinski definition) is 3. The van der Waals surface area contributed by atoms with Gasteiger partial charge in [-0.2, -0.15) is 0 Å². The standard InChI is InChI=1S/C15H22N2O2/c1-17(2)10-9-15(18)16-13-7-5-11-19-14-8-4-3-6-12(13)14/h3-4,6,8,13H,5,7,9-11H2,1-2H3,(H,16,18). The van der Waals surface area contributed by atoms with Gasteiger partial charge in [0.15, 0.2) is 0 Å². The van der Waals surface area contributed by atoms with Crippen molar-refractivity contribution in [3.8, 4) is 5.75 Å². The van der Waals surface area contributed by atoms with Gasteiger partial charge < -0.3 is 15.0 Å². The number of rotatable bonds is 4. The van der Waals surface area contributed by atoms with Gasteiger partial charge in [-0.15, -0.1) is 0 Å². The Balaban J connectivity index is 2.01. The van der Waals surface area contributed by atoms with Crippen molar-refractivity contribution in [3.63, 3.8) is 0 Å². The Morgan fingerprint density at radius 3 is 3.00 bits per heavy atom. The monoisotopic (exact) mass is 262 g/mol. The molecule has 1 aromatic carbocycles. The molecule has 0 aromatic heterocycles. The summed E-state index contributed by atoms with van der Waals surface area (Å²) in [6.07, 6.45) is 2.44. The number of para-hydroxylation sites is 1. The average Bonchev–Trinajstić information content (AvgIpc) is 2.59. The van der Waals surface area contributed by atoms with Crippen LogP contribution in [-0.4, -0.2) is 38.1 Å². The molecule has 1 unspecified atom stereocenters. The van der Waals surface area contributed by atoms with Crippen LogP contribution in [0.2, 0.25) is 0 Å². The third-order valence-electron chi connectivity index (χ3n) is 3.31. The zero-order valence-electron chi connectivity index (χ0n) is 11.7. The zero-order valence-corrected chi connectivity index (χ0v) is 11.7. The van der Waals surface area contributed by atoms with E-state index >= 15 is 0 Å². The molecule has 0 fully saturated rings. The molecular formula is C15H22N2O2. The first-order valence-corrected chi connectivity index (χ1v) is 6.82. The summed E-state index contributed by atoms with van der Waals surface area (Å²) in [6, 6.07) is 8.05. The predicted octanol–water partition coefficient (Wildman–Crippen LogP) is 1.97. The molecule has 1 aliphatic rings. The Hall–Kier alpha value is -1.55. The molecule has 0 spiro atoms. The summed E-state index contributed by atoms with van der Waals surface area (Å²) in [5.41, 5.74) is 1.10. The summed E-state index contributed by atoms with van der Waals surface area (Å²) < 4.78 is 5.70. The number of amides is 1. The Morgan fingerprint density at radius 1 is 1.42 bits per heavy atom. The summed E-state index contributed by atoms with van der Waals surface area (Å²) in [5.74, 6) is 1.01.